The van der Waals surface area contributed by atoms with Gasteiger partial charge in [-0.15, -0.1) is 32.1 Å². The Morgan fingerprint density at radius 3 is 0.701 bits per heavy atom. The van der Waals surface area contributed by atoms with Gasteiger partial charge in [-0.2, -0.15) is 57.8 Å². The van der Waals surface area contributed by atoms with Gasteiger partial charge < -0.3 is 185 Å². The molecule has 0 spiro atoms. The number of rotatable bonds is 35. The summed E-state index contributed by atoms with van der Waals surface area (Å²) in [6.07, 6.45) is 29.3. The van der Waals surface area contributed by atoms with E-state index in [0.29, 0.717) is 89.8 Å². The van der Waals surface area contributed by atoms with Crippen LogP contribution in [0.25, 0.3) is 0 Å². The first-order valence-electron chi connectivity index (χ1n) is 38.6. The van der Waals surface area contributed by atoms with Gasteiger partial charge in [0.05, 0.1) is 54.5 Å². The van der Waals surface area contributed by atoms with Gasteiger partial charge in [0, 0.05) is 50.9 Å². The summed E-state index contributed by atoms with van der Waals surface area (Å²) in [7, 11) is 6.95. The van der Waals surface area contributed by atoms with E-state index in [4.69, 9.17) is 64.8 Å². The molecule has 0 bridgehead atoms. The monoisotopic (exact) mass is 6390 g/mol. The van der Waals surface area contributed by atoms with Crippen molar-refractivity contribution in [2.24, 2.45) is 0 Å². The van der Waals surface area contributed by atoms with Crippen molar-refractivity contribution in [2.45, 2.75) is 180 Å². The zero-order valence-electron chi connectivity index (χ0n) is 90.3. The largest absolute Gasteiger partial charge is 1.00 e. The minimum absolute atomic E-state index is 0. The number of carboxylic acids is 7. The molecule has 0 saturated carbocycles. The molecule has 3 rings (SSSR count). The molecule has 3 aromatic carbocycles. The smallest absolute Gasteiger partial charge is 0.870 e. The molecule has 778 valence electrons. The Balaban J connectivity index is -0.0000000254. The van der Waals surface area contributed by atoms with E-state index in [1.807, 2.05) is 60.7 Å². The Kier molecular flexibility index (Phi) is 384. The molecule has 3 aromatic rings. The van der Waals surface area contributed by atoms with Crippen LogP contribution in [0.1, 0.15) is 180 Å². The second-order valence-electron chi connectivity index (χ2n) is 21.5. The maximum Gasteiger partial charge on any atom is 1.00 e. The number of hydrogen-bond acceptors (Lipinski definition) is 24. The van der Waals surface area contributed by atoms with Crippen LogP contribution in [-0.2, 0) is 100 Å². The number of aliphatic hydroxyl groups is 1. The molecular formula is C96H150Li2O31PRf17-17. The first kappa shape index (κ1) is 247. The van der Waals surface area contributed by atoms with E-state index in [0.717, 1.165) is 92.6 Å². The van der Waals surface area contributed by atoms with Gasteiger partial charge in [-0.3, -0.25) is 59.7 Å². The van der Waals surface area contributed by atoms with Crippen molar-refractivity contribution in [3.63, 3.8) is 0 Å². The van der Waals surface area contributed by atoms with Crippen molar-refractivity contribution in [2.75, 3.05) is 42.2 Å². The maximum absolute atomic E-state index is 12.3. The number of carboxylic acid groups (broad SMARTS) is 7. The topological polar surface area (TPSA) is 541 Å². The SMILES string of the molecule is C=C.C=C[CH2-].COC(=O)C=P(c1ccccc1)(c1ccccc1)c1ccccc1.[CH2-]/C=C/CC(=O)O.[CH2-]C(=O)O.[CH2-]C/C=C/CC(=O)OC.[CH2-]C=CCC(=O)OC.[CH2-]C=O.[CH2-]CC(=O)O.[CH2-]CC=O.[CH2-]CC=O.[CH2-]CCC(=O)O.[CH2-]CCC=O.[CH2-]CCCC(=O)O.[CH2-]CCCC(=O)O.[CH2-]CCCC(=O)OC.[CH2-]CCCC(=O)OC.[CH2-]CCCCC(=O)O.[CH2-]CCO.[Li+].[Li+].[OH-].[OH-].[Rf].[Rf].[Rf].[Rf].[Rf].[Rf].[Rf].[Rf].[Rf].[Rf].[Rf].[Rf].[Rf].[Rf].[Rf].[Rf].[Rf]. The van der Waals surface area contributed by atoms with Gasteiger partial charge in [-0.25, -0.2) is 62.5 Å². The molecule has 0 aliphatic rings. The van der Waals surface area contributed by atoms with Crippen LogP contribution in [0.3, 0.4) is 0 Å². The quantitative estimate of drug-likeness (QED) is 0.00396. The van der Waals surface area contributed by atoms with Crippen molar-refractivity contribution in [1.82, 2.24) is 0 Å². The fraction of sp³-hybridized carbons (Fsp3) is 0.354. The summed E-state index contributed by atoms with van der Waals surface area (Å²) in [6.45, 7) is 63.6. The number of methoxy groups -OCH3 is 5. The molecule has 147 heavy (non-hydrogen) atoms. The van der Waals surface area contributed by atoms with Crippen LogP contribution in [0, 0.1) is 118 Å². The molecule has 0 atom stereocenters. The van der Waals surface area contributed by atoms with Gasteiger partial charge in [0.15, 0.2) is 5.97 Å². The Hall–Kier alpha value is -27.6. The molecule has 10 N–H and O–H groups in total. The molecule has 31 nitrogen and oxygen atoms in total. The third-order valence-corrected chi connectivity index (χ3v) is 15.1. The summed E-state index contributed by atoms with van der Waals surface area (Å²) >= 11 is 0. The molecule has 0 unspecified atom stereocenters. The Morgan fingerprint density at radius 2 is 0.558 bits per heavy atom. The minimum atomic E-state index is -2.23. The van der Waals surface area contributed by atoms with Crippen LogP contribution in [-0.4, -0.2) is 197 Å². The number of unbranched alkanes of at least 4 members (excludes halogenated alkanes) is 7. The summed E-state index contributed by atoms with van der Waals surface area (Å²) in [5.74, 6) is -4.97. The molecule has 0 saturated heterocycles. The van der Waals surface area contributed by atoms with Crippen molar-refractivity contribution in [1.29, 1.82) is 0 Å². The van der Waals surface area contributed by atoms with Crippen molar-refractivity contribution >= 4 is 125 Å². The molecule has 0 fully saturated rings. The molecule has 0 amide bonds. The number of aliphatic hydroxyl groups excluding tert-OH is 1. The van der Waals surface area contributed by atoms with Gasteiger partial charge in [-0.05, 0) is 54.8 Å². The van der Waals surface area contributed by atoms with Gasteiger partial charge in [0.1, 0.15) is 6.29 Å². The van der Waals surface area contributed by atoms with Gasteiger partial charge in [0.2, 0.25) is 0 Å². The van der Waals surface area contributed by atoms with E-state index in [1.165, 1.54) is 53.8 Å². The first-order chi connectivity index (χ1) is 59.8. The Morgan fingerprint density at radius 1 is 0.327 bits per heavy atom. The minimum Gasteiger partial charge on any atom is -0.870 e. The summed E-state index contributed by atoms with van der Waals surface area (Å²) < 4.78 is 22.5. The number of allylic oxidation sites excluding steroid dienone is 4. The van der Waals surface area contributed by atoms with Gasteiger partial charge in [0.25, 0.3) is 17.9 Å². The normalized spacial score (nSPS) is 7.39. The number of ether oxygens (including phenoxy) is 5. The molecular weight excluding hydrogens is 6230 g/mol. The van der Waals surface area contributed by atoms with Gasteiger partial charge in [-0.1, -0.05) is 136 Å². The second-order valence-corrected chi connectivity index (χ2v) is 24.8. The van der Waals surface area contributed by atoms with Crippen LogP contribution >= 0.6 is 6.89 Å². The Bertz CT molecular complexity index is 3030. The zero-order valence-corrected chi connectivity index (χ0v) is 200. The van der Waals surface area contributed by atoms with E-state index >= 15 is 0 Å². The third-order valence-electron chi connectivity index (χ3n) is 11.2. The molecule has 0 aromatic heterocycles. The number of aliphatic carboxylic acids is 7. The average Bonchev–Trinajstić information content (AvgIpc) is 0.755. The number of esters is 5. The number of carbonyl (C=O) groups is 16. The standard InChI is InChI=1S/C21H19O2P.C7H11O2.2C6H11O2.C6H9O2.C6H11O2.2C5H9O2.C5H7O2.C4H7O2.C4H7O.C3H5O2.C3H7O.2C3H5O.C3H5.C2H3O2.C2H3O.C2H4.2Li.2H2O.17Rf/c1-23-21(22)17-24(18-11-5-2-6-12-18,19-13-7-3-8-14-19)20-15-9-4-10-16-20;1-3-4-5-6-7(8)9-2;3*1-3-4-5-6(7)8-2;1-2-3-4-5-6(7)8;3*1-2-3-4-5(6)7;1-2-3-4(5)6;1-2-3-4-5;1-2-3(4)5;3*1-2-3-4;1-3-2;1-2(3)4;1-2-3;1-2;;;;;;;;;;;;;;;;;;;;;/h2-17H,1H3;4-5H,1,3,6H2,2H3;2*1,3-5H2,2H3;3-4H,1,5H2,2H3;1-5H2,(H,7,8);2*1-4H2,(H,6,7);2-3H,1,4H2,(H,6,7);1-3H2,(H,5,6);4H,1-3H2;1-2H2,(H,4,5);4H,1-3H2;2*3H,1-2H2;3H,1-2H2;1H2,(H,3,4);2H,1H2;1-2H2;;;2*1H2;;;;;;;;;;;;;;;;;/q;17*-1;;2*+1;;;;;;;;;;;;;;;;;;;/p-2/b;5-4+;;;;;;;3-2+;;;;;;;;;;;;;;;;;;;;;;;;;;;;;;;. The van der Waals surface area contributed by atoms with Crippen LogP contribution in [0.5, 0.6) is 0 Å². The average molecular weight is 6380 g/mol. The van der Waals surface area contributed by atoms with Crippen LogP contribution in [0.4, 0.5) is 0 Å². The predicted molar refractivity (Wildman–Crippen MR) is 509 cm³/mol. The summed E-state index contributed by atoms with van der Waals surface area (Å²) in [5, 5.41) is 66.2. The summed E-state index contributed by atoms with van der Waals surface area (Å²) in [5.41, 5.74) is 0. The predicted octanol–water partition coefficient (Wildman–Crippen LogP) is 10.2. The fourth-order valence-corrected chi connectivity index (χ4v) is 9.37. The number of carbonyl (C=O) groups excluding carboxylic acids is 9. The second kappa shape index (κ2) is 229. The number of hydrogen-bond donors (Lipinski definition) is 8. The van der Waals surface area contributed by atoms with Gasteiger partial charge >= 0.3 is 85.5 Å². The van der Waals surface area contributed by atoms with E-state index in [1.54, 1.807) is 24.0 Å². The molecule has 0 heterocycles. The van der Waals surface area contributed by atoms with Crippen LogP contribution in [0.2, 0.25) is 0 Å². The zero-order chi connectivity index (χ0) is 101. The molecule has 0 aliphatic heterocycles. The molecule has 51 heteroatoms. The van der Waals surface area contributed by atoms with Crippen LogP contribution in [0.15, 0.2) is 153 Å². The first-order valence-corrected chi connectivity index (χ1v) is 40.4. The van der Waals surface area contributed by atoms with Crippen LogP contribution < -0.4 is 53.6 Å². The summed E-state index contributed by atoms with van der Waals surface area (Å²) in [6, 6.07) is 30.6. The van der Waals surface area contributed by atoms with Crippen molar-refractivity contribution < 1.29 is 190 Å². The van der Waals surface area contributed by atoms with Crippen molar-refractivity contribution in [3.8, 4) is 0 Å². The third kappa shape index (κ3) is 298. The fourth-order valence-electron chi connectivity index (χ4n) is 5.68. The molecule has 0 aliphatic carbocycles. The Labute approximate surface area is 803 Å². The van der Waals surface area contributed by atoms with E-state index in [9.17, 15) is 57.5 Å². The van der Waals surface area contributed by atoms with E-state index in [2.05, 4.69) is 193 Å². The van der Waals surface area contributed by atoms with Crippen molar-refractivity contribution in [3.05, 3.63) is 271 Å². The maximum atomic E-state index is 12.3. The summed E-state index contributed by atoms with van der Waals surface area (Å²) in [4.78, 5) is 157. The number of aldehydes is 4. The molecule has 0 radical (unpaired) electrons. The van der Waals surface area contributed by atoms with E-state index in [-0.39, 0.29) is 124 Å². The van der Waals surface area contributed by atoms with E-state index < -0.39 is 48.7 Å². The number of benzene rings is 3.